The van der Waals surface area contributed by atoms with Crippen LogP contribution in [-0.4, -0.2) is 28.4 Å². The average molecular weight is 208 g/mol. The molecule has 78 valence electrons. The van der Waals surface area contributed by atoms with E-state index in [-0.39, 0.29) is 11.8 Å². The summed E-state index contributed by atoms with van der Waals surface area (Å²) < 4.78 is 0. The molecule has 0 saturated carbocycles. The van der Waals surface area contributed by atoms with E-state index in [1.807, 2.05) is 0 Å². The third-order valence-electron chi connectivity index (χ3n) is 2.08. The lowest BCUT2D eigenvalue weighted by Gasteiger charge is -2.18. The molecule has 1 rings (SSSR count). The van der Waals surface area contributed by atoms with Gasteiger partial charge in [0.05, 0.1) is 0 Å². The third-order valence-corrected chi connectivity index (χ3v) is 2.08. The first-order valence-corrected chi connectivity index (χ1v) is 4.04. The fraction of sp³-hybridized carbons (Fsp3) is 0.100. The van der Waals surface area contributed by atoms with Crippen molar-refractivity contribution >= 4 is 18.2 Å². The van der Waals surface area contributed by atoms with Crippen molar-refractivity contribution in [2.75, 3.05) is 0 Å². The SMILES string of the molecule is O=CC(C(=O)O)(C(=O)O)c1ccccc1. The van der Waals surface area contributed by atoms with Gasteiger partial charge in [-0.25, -0.2) is 0 Å². The number of aliphatic carboxylic acids is 2. The first kappa shape index (κ1) is 10.9. The normalized spacial score (nSPS) is 10.7. The Morgan fingerprint density at radius 1 is 1.07 bits per heavy atom. The van der Waals surface area contributed by atoms with Crippen molar-refractivity contribution in [2.45, 2.75) is 5.41 Å². The second kappa shape index (κ2) is 3.91. The van der Waals surface area contributed by atoms with Gasteiger partial charge in [-0.1, -0.05) is 30.3 Å². The molecule has 0 aliphatic rings. The van der Waals surface area contributed by atoms with Crippen LogP contribution in [0, 0.1) is 0 Å². The van der Waals surface area contributed by atoms with Crippen molar-refractivity contribution in [3.63, 3.8) is 0 Å². The highest BCUT2D eigenvalue weighted by Crippen LogP contribution is 2.22. The minimum atomic E-state index is -2.51. The molecule has 0 radical (unpaired) electrons. The third kappa shape index (κ3) is 1.59. The van der Waals surface area contributed by atoms with Gasteiger partial charge in [-0.3, -0.25) is 9.59 Å². The standard InChI is InChI=1S/C10H8O5/c11-6-10(8(12)13,9(14)15)7-4-2-1-3-5-7/h1-6H,(H,12,13)(H,14,15). The van der Waals surface area contributed by atoms with Gasteiger partial charge in [0, 0.05) is 0 Å². The van der Waals surface area contributed by atoms with Gasteiger partial charge in [-0.2, -0.15) is 0 Å². The van der Waals surface area contributed by atoms with E-state index in [4.69, 9.17) is 10.2 Å². The molecule has 0 bridgehead atoms. The van der Waals surface area contributed by atoms with Crippen LogP contribution >= 0.6 is 0 Å². The van der Waals surface area contributed by atoms with Crippen molar-refractivity contribution in [3.8, 4) is 0 Å². The average Bonchev–Trinajstić information content (AvgIpc) is 2.20. The van der Waals surface area contributed by atoms with Crippen LogP contribution in [0.2, 0.25) is 0 Å². The molecule has 0 aromatic heterocycles. The number of aldehydes is 1. The Hall–Kier alpha value is -2.17. The molecule has 0 spiro atoms. The van der Waals surface area contributed by atoms with Gasteiger partial charge >= 0.3 is 11.9 Å². The number of carboxylic acid groups (broad SMARTS) is 2. The van der Waals surface area contributed by atoms with Gasteiger partial charge in [0.15, 0.2) is 6.29 Å². The van der Waals surface area contributed by atoms with Gasteiger partial charge in [-0.05, 0) is 5.56 Å². The molecule has 0 heterocycles. The Labute approximate surface area is 85.0 Å². The molecule has 0 amide bonds. The summed E-state index contributed by atoms with van der Waals surface area (Å²) in [6, 6.07) is 7.12. The molecule has 0 saturated heterocycles. The van der Waals surface area contributed by atoms with E-state index in [9.17, 15) is 14.4 Å². The van der Waals surface area contributed by atoms with Crippen LogP contribution in [0.4, 0.5) is 0 Å². The Morgan fingerprint density at radius 3 is 1.87 bits per heavy atom. The van der Waals surface area contributed by atoms with Crippen molar-refractivity contribution in [1.82, 2.24) is 0 Å². The number of benzene rings is 1. The molecule has 0 fully saturated rings. The molecule has 0 aliphatic heterocycles. The highest BCUT2D eigenvalue weighted by atomic mass is 16.4. The van der Waals surface area contributed by atoms with Crippen LogP contribution in [0.25, 0.3) is 0 Å². The van der Waals surface area contributed by atoms with Gasteiger partial charge in [0.25, 0.3) is 0 Å². The maximum Gasteiger partial charge on any atom is 0.333 e. The van der Waals surface area contributed by atoms with Crippen molar-refractivity contribution in [3.05, 3.63) is 35.9 Å². The summed E-state index contributed by atoms with van der Waals surface area (Å²) in [6.07, 6.45) is -0.0764. The summed E-state index contributed by atoms with van der Waals surface area (Å²) in [7, 11) is 0. The first-order valence-electron chi connectivity index (χ1n) is 4.04. The van der Waals surface area contributed by atoms with Gasteiger partial charge in [0.2, 0.25) is 5.41 Å². The second-order valence-electron chi connectivity index (χ2n) is 2.90. The van der Waals surface area contributed by atoms with Crippen LogP contribution in [0.15, 0.2) is 30.3 Å². The summed E-state index contributed by atoms with van der Waals surface area (Å²) in [5.74, 6) is -3.40. The number of carbonyl (C=O) groups excluding carboxylic acids is 1. The van der Waals surface area contributed by atoms with Crippen LogP contribution in [0.1, 0.15) is 5.56 Å². The molecule has 0 atom stereocenters. The molecule has 1 aromatic carbocycles. The molecule has 0 unspecified atom stereocenters. The Morgan fingerprint density at radius 2 is 1.53 bits per heavy atom. The van der Waals surface area contributed by atoms with E-state index in [2.05, 4.69) is 0 Å². The number of rotatable bonds is 4. The number of carbonyl (C=O) groups is 3. The highest BCUT2D eigenvalue weighted by molar-refractivity contribution is 6.18. The molecule has 1 aromatic rings. The Bertz CT molecular complexity index is 382. The lowest BCUT2D eigenvalue weighted by molar-refractivity contribution is -0.158. The van der Waals surface area contributed by atoms with Crippen LogP contribution in [0.3, 0.4) is 0 Å². The largest absolute Gasteiger partial charge is 0.480 e. The molecule has 2 N–H and O–H groups in total. The van der Waals surface area contributed by atoms with E-state index < -0.39 is 17.4 Å². The van der Waals surface area contributed by atoms with Crippen molar-refractivity contribution in [2.24, 2.45) is 0 Å². The molecule has 15 heavy (non-hydrogen) atoms. The predicted molar refractivity (Wildman–Crippen MR) is 49.5 cm³/mol. The van der Waals surface area contributed by atoms with Crippen LogP contribution < -0.4 is 0 Å². The van der Waals surface area contributed by atoms with E-state index in [0.717, 1.165) is 0 Å². The van der Waals surface area contributed by atoms with Crippen molar-refractivity contribution in [1.29, 1.82) is 0 Å². The Kier molecular flexibility index (Phi) is 2.85. The van der Waals surface area contributed by atoms with E-state index in [1.54, 1.807) is 6.07 Å². The topological polar surface area (TPSA) is 91.7 Å². The zero-order valence-corrected chi connectivity index (χ0v) is 7.58. The number of carboxylic acids is 2. The minimum Gasteiger partial charge on any atom is -0.480 e. The summed E-state index contributed by atoms with van der Waals surface area (Å²) in [5.41, 5.74) is -2.58. The smallest absolute Gasteiger partial charge is 0.333 e. The molecule has 5 heteroatoms. The summed E-state index contributed by atoms with van der Waals surface area (Å²) in [5, 5.41) is 17.7. The van der Waals surface area contributed by atoms with Gasteiger partial charge in [-0.15, -0.1) is 0 Å². The first-order chi connectivity index (χ1) is 7.05. The van der Waals surface area contributed by atoms with Gasteiger partial charge in [0.1, 0.15) is 0 Å². The maximum atomic E-state index is 10.9. The van der Waals surface area contributed by atoms with E-state index in [0.29, 0.717) is 0 Å². The summed E-state index contributed by atoms with van der Waals surface area (Å²) in [6.45, 7) is 0. The van der Waals surface area contributed by atoms with E-state index in [1.165, 1.54) is 24.3 Å². The Balaban J connectivity index is 3.42. The van der Waals surface area contributed by atoms with Crippen molar-refractivity contribution < 1.29 is 24.6 Å². The summed E-state index contributed by atoms with van der Waals surface area (Å²) >= 11 is 0. The molecule has 5 nitrogen and oxygen atoms in total. The molecular weight excluding hydrogens is 200 g/mol. The van der Waals surface area contributed by atoms with E-state index >= 15 is 0 Å². The lowest BCUT2D eigenvalue weighted by atomic mass is 9.82. The zero-order valence-electron chi connectivity index (χ0n) is 7.58. The monoisotopic (exact) mass is 208 g/mol. The predicted octanol–water partition coefficient (Wildman–Crippen LogP) is 0.292. The van der Waals surface area contributed by atoms with Crippen LogP contribution in [0.5, 0.6) is 0 Å². The maximum absolute atomic E-state index is 10.9. The fourth-order valence-corrected chi connectivity index (χ4v) is 1.21. The zero-order chi connectivity index (χ0) is 11.5. The fourth-order valence-electron chi connectivity index (χ4n) is 1.21. The summed E-state index contributed by atoms with van der Waals surface area (Å²) in [4.78, 5) is 32.5. The lowest BCUT2D eigenvalue weighted by Crippen LogP contribution is -2.45. The molecule has 0 aliphatic carbocycles. The molecular formula is C10H8O5. The highest BCUT2D eigenvalue weighted by Gasteiger charge is 2.48. The van der Waals surface area contributed by atoms with Gasteiger partial charge < -0.3 is 15.0 Å². The second-order valence-corrected chi connectivity index (χ2v) is 2.90. The number of hydrogen-bond donors (Lipinski definition) is 2. The quantitative estimate of drug-likeness (QED) is 0.548. The number of hydrogen-bond acceptors (Lipinski definition) is 3. The van der Waals surface area contributed by atoms with Crippen LogP contribution in [-0.2, 0) is 19.8 Å². The minimum absolute atomic E-state index is 0.0694.